The standard InChI is InChI=1S/C15H27NS/c1-2-3-4-5-6-7-8-9-12-15(17)16-13-10-11-14-16/h10-11,13-15,17H,2-9,12H2,1H3. The molecule has 1 aromatic rings. The lowest BCUT2D eigenvalue weighted by Gasteiger charge is -2.12. The molecule has 1 rings (SSSR count). The summed E-state index contributed by atoms with van der Waals surface area (Å²) in [5.74, 6) is 0. The minimum atomic E-state index is 0.366. The third-order valence-electron chi connectivity index (χ3n) is 3.29. The van der Waals surface area contributed by atoms with E-state index in [1.807, 2.05) is 0 Å². The molecular weight excluding hydrogens is 226 g/mol. The van der Waals surface area contributed by atoms with Gasteiger partial charge in [-0.1, -0.05) is 58.3 Å². The highest BCUT2D eigenvalue weighted by molar-refractivity contribution is 7.80. The molecule has 0 amide bonds. The van der Waals surface area contributed by atoms with Gasteiger partial charge in [-0.25, -0.2) is 0 Å². The SMILES string of the molecule is CCCCCCCCCCC(S)n1cccc1. The first-order valence-corrected chi connectivity index (χ1v) is 7.66. The maximum Gasteiger partial charge on any atom is 0.0758 e. The van der Waals surface area contributed by atoms with E-state index in [4.69, 9.17) is 0 Å². The Morgan fingerprint density at radius 3 is 2.00 bits per heavy atom. The molecule has 0 aromatic carbocycles. The second-order valence-corrected chi connectivity index (χ2v) is 5.47. The predicted octanol–water partition coefficient (Wildman–Crippen LogP) is 5.45. The van der Waals surface area contributed by atoms with Gasteiger partial charge in [0.25, 0.3) is 0 Å². The second kappa shape index (κ2) is 9.64. The van der Waals surface area contributed by atoms with Crippen LogP contribution in [0, 0.1) is 0 Å². The molecule has 0 bridgehead atoms. The lowest BCUT2D eigenvalue weighted by Crippen LogP contribution is -1.99. The van der Waals surface area contributed by atoms with Crippen LogP contribution >= 0.6 is 12.6 Å². The first-order chi connectivity index (χ1) is 8.34. The van der Waals surface area contributed by atoms with Gasteiger partial charge < -0.3 is 4.57 Å². The van der Waals surface area contributed by atoms with Crippen molar-refractivity contribution >= 4 is 12.6 Å². The minimum absolute atomic E-state index is 0.366. The van der Waals surface area contributed by atoms with Gasteiger partial charge in [0, 0.05) is 12.4 Å². The van der Waals surface area contributed by atoms with E-state index in [2.05, 4.69) is 48.6 Å². The average Bonchev–Trinajstić information content (AvgIpc) is 2.86. The second-order valence-electron chi connectivity index (χ2n) is 4.87. The van der Waals surface area contributed by atoms with Gasteiger partial charge in [-0.15, -0.1) is 0 Å². The fourth-order valence-electron chi connectivity index (χ4n) is 2.16. The molecule has 0 fully saturated rings. The highest BCUT2D eigenvalue weighted by atomic mass is 32.1. The van der Waals surface area contributed by atoms with Crippen LogP contribution < -0.4 is 0 Å². The van der Waals surface area contributed by atoms with Gasteiger partial charge >= 0.3 is 0 Å². The van der Waals surface area contributed by atoms with Crippen molar-refractivity contribution in [3.8, 4) is 0 Å². The number of thiol groups is 1. The Kier molecular flexibility index (Phi) is 8.33. The number of rotatable bonds is 10. The Balaban J connectivity index is 1.90. The molecule has 0 saturated carbocycles. The molecule has 17 heavy (non-hydrogen) atoms. The Morgan fingerprint density at radius 1 is 0.882 bits per heavy atom. The van der Waals surface area contributed by atoms with Crippen LogP contribution in [-0.2, 0) is 0 Å². The van der Waals surface area contributed by atoms with Crippen molar-refractivity contribution in [2.75, 3.05) is 0 Å². The topological polar surface area (TPSA) is 4.93 Å². The average molecular weight is 253 g/mol. The van der Waals surface area contributed by atoms with E-state index in [-0.39, 0.29) is 0 Å². The number of unbranched alkanes of at least 4 members (excludes halogenated alkanes) is 7. The van der Waals surface area contributed by atoms with Crippen LogP contribution in [0.25, 0.3) is 0 Å². The van der Waals surface area contributed by atoms with Crippen molar-refractivity contribution in [1.29, 1.82) is 0 Å². The zero-order valence-electron chi connectivity index (χ0n) is 11.1. The van der Waals surface area contributed by atoms with Crippen molar-refractivity contribution in [2.24, 2.45) is 0 Å². The molecule has 0 spiro atoms. The van der Waals surface area contributed by atoms with Gasteiger partial charge in [-0.2, -0.15) is 12.6 Å². The molecule has 0 saturated heterocycles. The molecule has 0 aliphatic heterocycles. The van der Waals surface area contributed by atoms with E-state index in [0.29, 0.717) is 5.37 Å². The lowest BCUT2D eigenvalue weighted by atomic mass is 10.1. The van der Waals surface area contributed by atoms with Crippen molar-refractivity contribution in [3.63, 3.8) is 0 Å². The summed E-state index contributed by atoms with van der Waals surface area (Å²) in [5.41, 5.74) is 0. The lowest BCUT2D eigenvalue weighted by molar-refractivity contribution is 0.534. The molecular formula is C15H27NS. The molecule has 98 valence electrons. The van der Waals surface area contributed by atoms with E-state index in [0.717, 1.165) is 0 Å². The van der Waals surface area contributed by atoms with E-state index in [1.54, 1.807) is 0 Å². The van der Waals surface area contributed by atoms with Crippen LogP contribution in [0.1, 0.15) is 70.1 Å². The molecule has 0 N–H and O–H groups in total. The van der Waals surface area contributed by atoms with Crippen molar-refractivity contribution in [2.45, 2.75) is 70.1 Å². The van der Waals surface area contributed by atoms with E-state index < -0.39 is 0 Å². The van der Waals surface area contributed by atoms with Gasteiger partial charge in [0.05, 0.1) is 5.37 Å². The largest absolute Gasteiger partial charge is 0.342 e. The van der Waals surface area contributed by atoms with Gasteiger partial charge in [-0.05, 0) is 18.6 Å². The molecule has 0 radical (unpaired) electrons. The predicted molar refractivity (Wildman–Crippen MR) is 79.7 cm³/mol. The fraction of sp³-hybridized carbons (Fsp3) is 0.733. The van der Waals surface area contributed by atoms with Gasteiger partial charge in [0.1, 0.15) is 0 Å². The summed E-state index contributed by atoms with van der Waals surface area (Å²) in [6.45, 7) is 2.27. The summed E-state index contributed by atoms with van der Waals surface area (Å²) in [4.78, 5) is 0. The smallest absolute Gasteiger partial charge is 0.0758 e. The molecule has 2 heteroatoms. The molecule has 1 heterocycles. The first kappa shape index (κ1) is 14.7. The number of nitrogens with zero attached hydrogens (tertiary/aromatic N) is 1. The summed E-state index contributed by atoms with van der Waals surface area (Å²) in [7, 11) is 0. The van der Waals surface area contributed by atoms with Crippen LogP contribution in [0.4, 0.5) is 0 Å². The Hall–Kier alpha value is -0.370. The monoisotopic (exact) mass is 253 g/mol. The van der Waals surface area contributed by atoms with Gasteiger partial charge in [0.2, 0.25) is 0 Å². The van der Waals surface area contributed by atoms with Crippen LogP contribution in [0.2, 0.25) is 0 Å². The Bertz CT molecular complexity index is 256. The van der Waals surface area contributed by atoms with E-state index >= 15 is 0 Å². The van der Waals surface area contributed by atoms with Crippen molar-refractivity contribution < 1.29 is 0 Å². The van der Waals surface area contributed by atoms with E-state index in [1.165, 1.54) is 57.8 Å². The Labute approximate surface area is 112 Å². The van der Waals surface area contributed by atoms with Crippen LogP contribution in [0.15, 0.2) is 24.5 Å². The van der Waals surface area contributed by atoms with E-state index in [9.17, 15) is 0 Å². The summed E-state index contributed by atoms with van der Waals surface area (Å²) in [6.07, 6.45) is 16.5. The third kappa shape index (κ3) is 6.82. The summed E-state index contributed by atoms with van der Waals surface area (Å²) < 4.78 is 2.18. The molecule has 1 aromatic heterocycles. The molecule has 0 aliphatic carbocycles. The van der Waals surface area contributed by atoms with Gasteiger partial charge in [0.15, 0.2) is 0 Å². The van der Waals surface area contributed by atoms with Crippen LogP contribution in [-0.4, -0.2) is 4.57 Å². The summed E-state index contributed by atoms with van der Waals surface area (Å²) >= 11 is 4.62. The summed E-state index contributed by atoms with van der Waals surface area (Å²) in [6, 6.07) is 4.13. The maximum absolute atomic E-state index is 4.62. The van der Waals surface area contributed by atoms with Crippen LogP contribution in [0.3, 0.4) is 0 Å². The molecule has 1 unspecified atom stereocenters. The van der Waals surface area contributed by atoms with Gasteiger partial charge in [-0.3, -0.25) is 0 Å². The summed E-state index contributed by atoms with van der Waals surface area (Å²) in [5, 5.41) is 0.366. The zero-order valence-corrected chi connectivity index (χ0v) is 12.0. The normalized spacial score (nSPS) is 12.8. The number of hydrogen-bond donors (Lipinski definition) is 1. The highest BCUT2D eigenvalue weighted by Gasteiger charge is 2.02. The molecule has 1 atom stereocenters. The molecule has 0 aliphatic rings. The fourth-order valence-corrected chi connectivity index (χ4v) is 2.49. The Morgan fingerprint density at radius 2 is 1.41 bits per heavy atom. The first-order valence-electron chi connectivity index (χ1n) is 7.15. The maximum atomic E-state index is 4.62. The zero-order chi connectivity index (χ0) is 12.3. The van der Waals surface area contributed by atoms with Crippen molar-refractivity contribution in [1.82, 2.24) is 4.57 Å². The number of aromatic nitrogens is 1. The minimum Gasteiger partial charge on any atom is -0.342 e. The molecule has 1 nitrogen and oxygen atoms in total. The quantitative estimate of drug-likeness (QED) is 0.418. The highest BCUT2D eigenvalue weighted by Crippen LogP contribution is 2.20. The third-order valence-corrected chi connectivity index (χ3v) is 3.81. The van der Waals surface area contributed by atoms with Crippen LogP contribution in [0.5, 0.6) is 0 Å². The number of hydrogen-bond acceptors (Lipinski definition) is 1. The van der Waals surface area contributed by atoms with Crippen molar-refractivity contribution in [3.05, 3.63) is 24.5 Å².